The molecule has 1 heterocycles. The van der Waals surface area contributed by atoms with Crippen LogP contribution in [0.5, 0.6) is 0 Å². The zero-order chi connectivity index (χ0) is 13.2. The van der Waals surface area contributed by atoms with Gasteiger partial charge in [-0.1, -0.05) is 6.92 Å². The molecule has 0 aromatic carbocycles. The van der Waals surface area contributed by atoms with Crippen LogP contribution in [0.4, 0.5) is 5.95 Å². The van der Waals surface area contributed by atoms with Crippen LogP contribution in [0.3, 0.4) is 0 Å². The predicted octanol–water partition coefficient (Wildman–Crippen LogP) is 2.45. The minimum Gasteiger partial charge on any atom is -0.394 e. The maximum absolute atomic E-state index is 9.71. The van der Waals surface area contributed by atoms with Crippen LogP contribution >= 0.6 is 0 Å². The highest BCUT2D eigenvalue weighted by atomic mass is 16.3. The van der Waals surface area contributed by atoms with E-state index in [0.29, 0.717) is 5.95 Å². The Morgan fingerprint density at radius 2 is 1.83 bits per heavy atom. The largest absolute Gasteiger partial charge is 0.394 e. The Kier molecular flexibility index (Phi) is 3.85. The molecule has 1 aliphatic carbocycles. The predicted molar refractivity (Wildman–Crippen MR) is 72.6 cm³/mol. The third-order valence-electron chi connectivity index (χ3n) is 3.89. The van der Waals surface area contributed by atoms with Gasteiger partial charge in [0.15, 0.2) is 0 Å². The van der Waals surface area contributed by atoms with Gasteiger partial charge in [0.25, 0.3) is 0 Å². The first kappa shape index (κ1) is 13.3. The fourth-order valence-corrected chi connectivity index (χ4v) is 2.66. The van der Waals surface area contributed by atoms with Crippen LogP contribution < -0.4 is 5.32 Å². The van der Waals surface area contributed by atoms with Crippen LogP contribution in [-0.2, 0) is 0 Å². The number of rotatable bonds is 3. The first-order valence-corrected chi connectivity index (χ1v) is 6.74. The summed E-state index contributed by atoms with van der Waals surface area (Å²) in [6.07, 6.45) is 4.28. The summed E-state index contributed by atoms with van der Waals surface area (Å²) in [5.41, 5.74) is 1.69. The highest BCUT2D eigenvalue weighted by Crippen LogP contribution is 2.33. The number of nitrogens with one attached hydrogen (secondary N) is 1. The molecule has 2 N–H and O–H groups in total. The number of anilines is 1. The number of aryl methyl sites for hydroxylation is 2. The molecule has 4 heteroatoms. The van der Waals surface area contributed by atoms with E-state index < -0.39 is 0 Å². The summed E-state index contributed by atoms with van der Waals surface area (Å²) in [4.78, 5) is 8.81. The lowest BCUT2D eigenvalue weighted by molar-refractivity contribution is 0.154. The van der Waals surface area contributed by atoms with E-state index in [1.54, 1.807) is 0 Å². The second kappa shape index (κ2) is 5.22. The minimum absolute atomic E-state index is 0.149. The molecule has 1 fully saturated rings. The molecule has 2 rings (SSSR count). The number of aromatic nitrogens is 2. The van der Waals surface area contributed by atoms with Gasteiger partial charge in [-0.2, -0.15) is 0 Å². The Morgan fingerprint density at radius 1 is 1.28 bits per heavy atom. The zero-order valence-corrected chi connectivity index (χ0v) is 11.5. The number of aliphatic hydroxyl groups is 1. The van der Waals surface area contributed by atoms with Gasteiger partial charge in [0.2, 0.25) is 5.95 Å². The molecular weight excluding hydrogens is 226 g/mol. The molecule has 0 saturated heterocycles. The van der Waals surface area contributed by atoms with Crippen molar-refractivity contribution in [3.05, 3.63) is 17.5 Å². The van der Waals surface area contributed by atoms with E-state index >= 15 is 0 Å². The summed E-state index contributed by atoms with van der Waals surface area (Å²) in [5, 5.41) is 13.1. The average Bonchev–Trinajstić information content (AvgIpc) is 2.31. The van der Waals surface area contributed by atoms with Crippen LogP contribution in [0.1, 0.15) is 44.0 Å². The van der Waals surface area contributed by atoms with Gasteiger partial charge >= 0.3 is 0 Å². The Bertz CT molecular complexity index is 391. The van der Waals surface area contributed by atoms with Crippen molar-refractivity contribution in [1.82, 2.24) is 9.97 Å². The van der Waals surface area contributed by atoms with E-state index in [4.69, 9.17) is 0 Å². The number of hydrogen-bond acceptors (Lipinski definition) is 4. The quantitative estimate of drug-likeness (QED) is 0.864. The van der Waals surface area contributed by atoms with Crippen molar-refractivity contribution in [3.63, 3.8) is 0 Å². The molecule has 1 aromatic rings. The van der Waals surface area contributed by atoms with Crippen molar-refractivity contribution in [2.45, 2.75) is 52.0 Å². The smallest absolute Gasteiger partial charge is 0.223 e. The highest BCUT2D eigenvalue weighted by Gasteiger charge is 2.34. The van der Waals surface area contributed by atoms with Gasteiger partial charge in [-0.25, -0.2) is 9.97 Å². The summed E-state index contributed by atoms with van der Waals surface area (Å²) in [7, 11) is 0. The minimum atomic E-state index is -0.229. The summed E-state index contributed by atoms with van der Waals surface area (Å²) in [5.74, 6) is 1.41. The summed E-state index contributed by atoms with van der Waals surface area (Å²) < 4.78 is 0. The molecule has 0 radical (unpaired) electrons. The Labute approximate surface area is 109 Å². The van der Waals surface area contributed by atoms with Crippen LogP contribution in [0.15, 0.2) is 6.07 Å². The van der Waals surface area contributed by atoms with Crippen molar-refractivity contribution >= 4 is 5.95 Å². The first-order valence-electron chi connectivity index (χ1n) is 6.74. The summed E-state index contributed by atoms with van der Waals surface area (Å²) in [6, 6.07) is 1.96. The van der Waals surface area contributed by atoms with Gasteiger partial charge in [0.05, 0.1) is 12.1 Å². The Balaban J connectivity index is 2.14. The Morgan fingerprint density at radius 3 is 2.33 bits per heavy atom. The summed E-state index contributed by atoms with van der Waals surface area (Å²) in [6.45, 7) is 6.35. The molecule has 0 atom stereocenters. The van der Waals surface area contributed by atoms with E-state index in [9.17, 15) is 5.11 Å². The van der Waals surface area contributed by atoms with E-state index in [-0.39, 0.29) is 12.1 Å². The fraction of sp³-hybridized carbons (Fsp3) is 0.714. The molecule has 100 valence electrons. The second-order valence-corrected chi connectivity index (χ2v) is 5.72. The normalized spacial score (nSPS) is 28.1. The van der Waals surface area contributed by atoms with Gasteiger partial charge in [-0.05, 0) is 51.5 Å². The first-order chi connectivity index (χ1) is 8.53. The number of hydrogen-bond donors (Lipinski definition) is 2. The highest BCUT2D eigenvalue weighted by molar-refractivity contribution is 5.32. The van der Waals surface area contributed by atoms with Crippen LogP contribution in [0, 0.1) is 19.8 Å². The van der Waals surface area contributed by atoms with Crippen LogP contribution in [0.2, 0.25) is 0 Å². The molecule has 0 unspecified atom stereocenters. The maximum Gasteiger partial charge on any atom is 0.223 e. The summed E-state index contributed by atoms with van der Waals surface area (Å²) >= 11 is 0. The van der Waals surface area contributed by atoms with Gasteiger partial charge in [0, 0.05) is 11.4 Å². The molecule has 0 aliphatic heterocycles. The molecule has 0 spiro atoms. The van der Waals surface area contributed by atoms with E-state index in [2.05, 4.69) is 22.2 Å². The van der Waals surface area contributed by atoms with Crippen molar-refractivity contribution in [2.75, 3.05) is 11.9 Å². The zero-order valence-electron chi connectivity index (χ0n) is 11.5. The third-order valence-corrected chi connectivity index (χ3v) is 3.89. The van der Waals surface area contributed by atoms with E-state index in [1.807, 2.05) is 19.9 Å². The van der Waals surface area contributed by atoms with Crippen molar-refractivity contribution in [1.29, 1.82) is 0 Å². The third kappa shape index (κ3) is 2.99. The van der Waals surface area contributed by atoms with Gasteiger partial charge in [-0.3, -0.25) is 0 Å². The fourth-order valence-electron chi connectivity index (χ4n) is 2.66. The average molecular weight is 249 g/mol. The number of nitrogens with zero attached hydrogens (tertiary/aromatic N) is 2. The molecule has 4 nitrogen and oxygen atoms in total. The standard InChI is InChI=1S/C14H23N3O/c1-10-4-6-14(9-18,7-5-10)17-13-15-11(2)8-12(3)16-13/h8,10,18H,4-7,9H2,1-3H3,(H,15,16,17). The lowest BCUT2D eigenvalue weighted by Gasteiger charge is -2.38. The molecule has 0 bridgehead atoms. The van der Waals surface area contributed by atoms with Crippen LogP contribution in [0.25, 0.3) is 0 Å². The van der Waals surface area contributed by atoms with E-state index in [0.717, 1.165) is 43.0 Å². The molecule has 1 aliphatic rings. The van der Waals surface area contributed by atoms with Crippen molar-refractivity contribution < 1.29 is 5.11 Å². The van der Waals surface area contributed by atoms with Crippen LogP contribution in [-0.4, -0.2) is 27.2 Å². The van der Waals surface area contributed by atoms with Gasteiger partial charge < -0.3 is 10.4 Å². The lowest BCUT2D eigenvalue weighted by atomic mass is 9.77. The lowest BCUT2D eigenvalue weighted by Crippen LogP contribution is -2.45. The molecule has 1 aromatic heterocycles. The van der Waals surface area contributed by atoms with Crippen molar-refractivity contribution in [3.8, 4) is 0 Å². The van der Waals surface area contributed by atoms with E-state index in [1.165, 1.54) is 0 Å². The molecule has 18 heavy (non-hydrogen) atoms. The van der Waals surface area contributed by atoms with Gasteiger partial charge in [0.1, 0.15) is 0 Å². The molecular formula is C14H23N3O. The molecule has 0 amide bonds. The van der Waals surface area contributed by atoms with Gasteiger partial charge in [-0.15, -0.1) is 0 Å². The number of aliphatic hydroxyl groups excluding tert-OH is 1. The topological polar surface area (TPSA) is 58.0 Å². The second-order valence-electron chi connectivity index (χ2n) is 5.72. The Hall–Kier alpha value is -1.16. The van der Waals surface area contributed by atoms with Crippen molar-refractivity contribution in [2.24, 2.45) is 5.92 Å². The molecule has 1 saturated carbocycles. The monoisotopic (exact) mass is 249 g/mol. The SMILES string of the molecule is Cc1cc(C)nc(NC2(CO)CCC(C)CC2)n1. The maximum atomic E-state index is 9.71.